The molecule has 2 unspecified atom stereocenters. The maximum absolute atomic E-state index is 6.76. The summed E-state index contributed by atoms with van der Waals surface area (Å²) in [5, 5.41) is 4.79. The van der Waals surface area contributed by atoms with Gasteiger partial charge in [-0.2, -0.15) is 0 Å². The number of hydrogen-bond donors (Lipinski definition) is 1. The number of nitrogens with two attached hydrogens (primary N) is 1. The van der Waals surface area contributed by atoms with Crippen molar-refractivity contribution in [3.63, 3.8) is 0 Å². The Bertz CT molecular complexity index is 2520. The molecule has 2 atom stereocenters. The van der Waals surface area contributed by atoms with E-state index in [2.05, 4.69) is 181 Å². The molecule has 3 nitrogen and oxygen atoms in total. The summed E-state index contributed by atoms with van der Waals surface area (Å²) in [4.78, 5) is 2.34. The van der Waals surface area contributed by atoms with Gasteiger partial charge in [0.25, 0.3) is 0 Å². The van der Waals surface area contributed by atoms with E-state index in [1.807, 2.05) is 18.2 Å². The summed E-state index contributed by atoms with van der Waals surface area (Å²) in [6.07, 6.45) is 3.92. The number of benzene rings is 8. The van der Waals surface area contributed by atoms with Gasteiger partial charge in [-0.3, -0.25) is 0 Å². The summed E-state index contributed by atoms with van der Waals surface area (Å²) in [6, 6.07) is 64.7. The number of rotatable bonds is 8. The monoisotopic (exact) mass is 670 g/mol. The van der Waals surface area contributed by atoms with Crippen molar-refractivity contribution in [2.45, 2.75) is 18.8 Å². The highest BCUT2D eigenvalue weighted by atomic mass is 16.5. The van der Waals surface area contributed by atoms with Gasteiger partial charge in [-0.1, -0.05) is 152 Å². The maximum Gasteiger partial charge on any atom is 0.103 e. The van der Waals surface area contributed by atoms with Crippen molar-refractivity contribution in [2.24, 2.45) is 5.73 Å². The molecule has 52 heavy (non-hydrogen) atoms. The van der Waals surface area contributed by atoms with Gasteiger partial charge in [-0.25, -0.2) is 0 Å². The third-order valence-electron chi connectivity index (χ3n) is 10.2. The van der Waals surface area contributed by atoms with Gasteiger partial charge in [0.15, 0.2) is 0 Å². The topological polar surface area (TPSA) is 38.5 Å². The zero-order valence-corrected chi connectivity index (χ0v) is 28.8. The summed E-state index contributed by atoms with van der Waals surface area (Å²) in [6.45, 7) is 0.492. The fourth-order valence-corrected chi connectivity index (χ4v) is 7.47. The Hall–Kier alpha value is -6.26. The third kappa shape index (κ3) is 6.18. The largest absolute Gasteiger partial charge is 0.367 e. The van der Waals surface area contributed by atoms with Crippen molar-refractivity contribution in [1.29, 1.82) is 0 Å². The lowest BCUT2D eigenvalue weighted by atomic mass is 9.87. The van der Waals surface area contributed by atoms with Crippen molar-refractivity contribution in [3.8, 4) is 22.3 Å². The molecule has 0 bridgehead atoms. The Balaban J connectivity index is 1.14. The van der Waals surface area contributed by atoms with Gasteiger partial charge in [-0.15, -0.1) is 0 Å². The van der Waals surface area contributed by atoms with Crippen LogP contribution < -0.4 is 10.6 Å². The Morgan fingerprint density at radius 3 is 1.77 bits per heavy atom. The van der Waals surface area contributed by atoms with Crippen LogP contribution in [0.1, 0.15) is 22.8 Å². The van der Waals surface area contributed by atoms with Gasteiger partial charge in [0.1, 0.15) is 6.10 Å². The van der Waals surface area contributed by atoms with Crippen LogP contribution in [0.2, 0.25) is 0 Å². The SMILES string of the molecule is NC1C=Cc2ccc3ccc(N(c4ccc(-c5ccccc5)cc4)c4ccc(-c5ccc6ccccc6c5)cc4)cc3c2C1OCc1ccccc1. The normalized spacial score (nSPS) is 15.1. The van der Waals surface area contributed by atoms with Crippen molar-refractivity contribution in [2.75, 3.05) is 4.90 Å². The highest BCUT2D eigenvalue weighted by Crippen LogP contribution is 2.42. The van der Waals surface area contributed by atoms with E-state index in [0.717, 1.165) is 44.5 Å². The molecule has 0 saturated heterocycles. The molecule has 0 spiro atoms. The second-order valence-corrected chi connectivity index (χ2v) is 13.5. The molecule has 2 N–H and O–H groups in total. The molecule has 0 heterocycles. The molecule has 1 aliphatic carbocycles. The van der Waals surface area contributed by atoms with Crippen LogP contribution in [0, 0.1) is 0 Å². The molecule has 0 fully saturated rings. The van der Waals surface area contributed by atoms with E-state index in [1.54, 1.807) is 0 Å². The van der Waals surface area contributed by atoms with E-state index in [-0.39, 0.29) is 12.1 Å². The maximum atomic E-state index is 6.76. The number of fused-ring (bicyclic) bond motifs is 4. The van der Waals surface area contributed by atoms with E-state index in [0.29, 0.717) is 6.61 Å². The fraction of sp³-hybridized carbons (Fsp3) is 0.0612. The van der Waals surface area contributed by atoms with Crippen molar-refractivity contribution in [3.05, 3.63) is 205 Å². The minimum Gasteiger partial charge on any atom is -0.367 e. The van der Waals surface area contributed by atoms with Gasteiger partial charge < -0.3 is 15.4 Å². The summed E-state index contributed by atoms with van der Waals surface area (Å²) < 4.78 is 6.63. The molecule has 0 radical (unpaired) electrons. The lowest BCUT2D eigenvalue weighted by Gasteiger charge is -2.30. The van der Waals surface area contributed by atoms with Gasteiger partial charge in [0.2, 0.25) is 0 Å². The standard InChI is InChI=1S/C49H38N2O/c50-47-30-24-40-17-16-39-23-29-45(32-46(39)48(40)49(47)52-33-34-9-3-1-4-10-34)51(43-25-19-37(20-26-43)35-11-5-2-6-12-35)44-27-21-38(22-28-44)42-18-15-36-13-7-8-14-41(36)31-42/h1-32,47,49H,33,50H2. The van der Waals surface area contributed by atoms with Crippen molar-refractivity contribution in [1.82, 2.24) is 0 Å². The molecule has 9 rings (SSSR count). The molecule has 8 aromatic carbocycles. The number of ether oxygens (including phenoxy) is 1. The average molecular weight is 671 g/mol. The Morgan fingerprint density at radius 1 is 0.481 bits per heavy atom. The molecule has 250 valence electrons. The number of nitrogens with zero attached hydrogens (tertiary/aromatic N) is 1. The second-order valence-electron chi connectivity index (χ2n) is 13.5. The highest BCUT2D eigenvalue weighted by molar-refractivity contribution is 5.95. The zero-order valence-electron chi connectivity index (χ0n) is 28.8. The molecule has 0 aliphatic heterocycles. The smallest absolute Gasteiger partial charge is 0.103 e. The lowest BCUT2D eigenvalue weighted by Crippen LogP contribution is -2.31. The molecule has 1 aliphatic rings. The highest BCUT2D eigenvalue weighted by Gasteiger charge is 2.27. The quantitative estimate of drug-likeness (QED) is 0.175. The first kappa shape index (κ1) is 31.7. The number of anilines is 3. The van der Waals surface area contributed by atoms with Gasteiger partial charge in [-0.05, 0) is 103 Å². The first-order valence-electron chi connectivity index (χ1n) is 17.9. The second kappa shape index (κ2) is 13.8. The number of hydrogen-bond acceptors (Lipinski definition) is 3. The van der Waals surface area contributed by atoms with Crippen LogP contribution in [-0.4, -0.2) is 6.04 Å². The van der Waals surface area contributed by atoms with Crippen LogP contribution in [0.25, 0.3) is 49.9 Å². The zero-order chi connectivity index (χ0) is 34.9. The van der Waals surface area contributed by atoms with Crippen LogP contribution in [-0.2, 0) is 11.3 Å². The molecule has 0 aromatic heterocycles. The summed E-state index contributed by atoms with van der Waals surface area (Å²) in [5.41, 5.74) is 18.2. The van der Waals surface area contributed by atoms with Gasteiger partial charge in [0.05, 0.1) is 12.6 Å². The van der Waals surface area contributed by atoms with E-state index >= 15 is 0 Å². The minimum atomic E-state index is -0.279. The Labute approximate surface area is 304 Å². The van der Waals surface area contributed by atoms with Crippen LogP contribution >= 0.6 is 0 Å². The van der Waals surface area contributed by atoms with Crippen LogP contribution in [0.5, 0.6) is 0 Å². The Kier molecular flexibility index (Phi) is 8.42. The first-order valence-corrected chi connectivity index (χ1v) is 17.9. The van der Waals surface area contributed by atoms with Crippen LogP contribution in [0.3, 0.4) is 0 Å². The van der Waals surface area contributed by atoms with Gasteiger partial charge >= 0.3 is 0 Å². The molecular formula is C49H38N2O. The summed E-state index contributed by atoms with van der Waals surface area (Å²) in [7, 11) is 0. The summed E-state index contributed by atoms with van der Waals surface area (Å²) >= 11 is 0. The van der Waals surface area contributed by atoms with Crippen LogP contribution in [0.15, 0.2) is 188 Å². The predicted octanol–water partition coefficient (Wildman–Crippen LogP) is 12.4. The first-order chi connectivity index (χ1) is 25.7. The summed E-state index contributed by atoms with van der Waals surface area (Å²) in [5.74, 6) is 0. The average Bonchev–Trinajstić information content (AvgIpc) is 3.21. The fourth-order valence-electron chi connectivity index (χ4n) is 7.47. The molecular weight excluding hydrogens is 633 g/mol. The van der Waals surface area contributed by atoms with Crippen LogP contribution in [0.4, 0.5) is 17.1 Å². The molecule has 8 aromatic rings. The van der Waals surface area contributed by atoms with E-state index in [4.69, 9.17) is 10.5 Å². The molecule has 0 saturated carbocycles. The molecule has 3 heteroatoms. The van der Waals surface area contributed by atoms with E-state index in [1.165, 1.54) is 33.0 Å². The third-order valence-corrected chi connectivity index (χ3v) is 10.2. The molecule has 0 amide bonds. The Morgan fingerprint density at radius 2 is 1.04 bits per heavy atom. The lowest BCUT2D eigenvalue weighted by molar-refractivity contribution is 0.0316. The minimum absolute atomic E-state index is 0.255. The van der Waals surface area contributed by atoms with E-state index < -0.39 is 0 Å². The van der Waals surface area contributed by atoms with Gasteiger partial charge in [0, 0.05) is 17.1 Å². The van der Waals surface area contributed by atoms with E-state index in [9.17, 15) is 0 Å². The van der Waals surface area contributed by atoms with Crippen molar-refractivity contribution >= 4 is 44.7 Å². The van der Waals surface area contributed by atoms with Crippen molar-refractivity contribution < 1.29 is 4.74 Å². The predicted molar refractivity (Wildman–Crippen MR) is 218 cm³/mol.